The van der Waals surface area contributed by atoms with Crippen LogP contribution in [-0.4, -0.2) is 17.4 Å². The quantitative estimate of drug-likeness (QED) is 0.506. The second kappa shape index (κ2) is 5.68. The summed E-state index contributed by atoms with van der Waals surface area (Å²) >= 11 is 0. The molecule has 0 aliphatic rings. The van der Waals surface area contributed by atoms with Gasteiger partial charge in [-0.1, -0.05) is 48.5 Å². The molecule has 0 spiro atoms. The molecule has 96 valence electrons. The number of rotatable bonds is 2. The van der Waals surface area contributed by atoms with Crippen LogP contribution in [-0.2, 0) is 4.74 Å². The molecule has 0 aromatic heterocycles. The molecule has 0 aliphatic heterocycles. The summed E-state index contributed by atoms with van der Waals surface area (Å²) in [5, 5.41) is 8.33. The third-order valence-corrected chi connectivity index (χ3v) is 2.34. The lowest BCUT2D eigenvalue weighted by molar-refractivity contribution is 0.0849. The topological polar surface area (TPSA) is 72.8 Å². The zero-order valence-corrected chi connectivity index (χ0v) is 9.78. The molecule has 19 heavy (non-hydrogen) atoms. The first-order chi connectivity index (χ1) is 9.16. The van der Waals surface area contributed by atoms with Crippen LogP contribution in [0.1, 0.15) is 0 Å². The normalized spacial score (nSPS) is 9.68. The van der Waals surface area contributed by atoms with E-state index in [9.17, 15) is 9.59 Å². The molecule has 0 heterocycles. The molecule has 0 saturated carbocycles. The minimum absolute atomic E-state index is 0.236. The van der Waals surface area contributed by atoms with Crippen molar-refractivity contribution >= 4 is 12.3 Å². The van der Waals surface area contributed by atoms with Crippen LogP contribution in [0, 0.1) is 0 Å². The number of carbonyl (C=O) groups is 2. The van der Waals surface area contributed by atoms with Crippen molar-refractivity contribution < 1.29 is 24.2 Å². The molecule has 2 aromatic carbocycles. The van der Waals surface area contributed by atoms with E-state index >= 15 is 0 Å². The smallest absolute Gasteiger partial charge is 0.449 e. The predicted molar refractivity (Wildman–Crippen MR) is 67.0 cm³/mol. The van der Waals surface area contributed by atoms with Gasteiger partial charge in [-0.05, 0) is 11.6 Å². The van der Waals surface area contributed by atoms with Crippen LogP contribution in [0.4, 0.5) is 9.59 Å². The Balaban J connectivity index is 2.27. The first kappa shape index (κ1) is 12.6. The van der Waals surface area contributed by atoms with Crippen molar-refractivity contribution in [3.05, 3.63) is 54.6 Å². The van der Waals surface area contributed by atoms with E-state index in [2.05, 4.69) is 4.74 Å². The Hall–Kier alpha value is -2.82. The van der Waals surface area contributed by atoms with Crippen molar-refractivity contribution in [2.75, 3.05) is 0 Å². The summed E-state index contributed by atoms with van der Waals surface area (Å²) in [6.45, 7) is 0. The predicted octanol–water partition coefficient (Wildman–Crippen LogP) is 3.55. The first-order valence-electron chi connectivity index (χ1n) is 5.44. The van der Waals surface area contributed by atoms with E-state index in [0.29, 0.717) is 5.56 Å². The van der Waals surface area contributed by atoms with Crippen molar-refractivity contribution in [3.63, 3.8) is 0 Å². The number of hydrogen-bond acceptors (Lipinski definition) is 4. The molecule has 0 bridgehead atoms. The van der Waals surface area contributed by atoms with Crippen LogP contribution in [0.25, 0.3) is 11.1 Å². The average Bonchev–Trinajstić information content (AvgIpc) is 2.39. The largest absolute Gasteiger partial charge is 0.524 e. The summed E-state index contributed by atoms with van der Waals surface area (Å²) in [6.07, 6.45) is -2.99. The van der Waals surface area contributed by atoms with Crippen LogP contribution in [0.15, 0.2) is 54.6 Å². The van der Waals surface area contributed by atoms with E-state index in [1.807, 2.05) is 30.3 Å². The fraction of sp³-hybridized carbons (Fsp3) is 0. The number of hydrogen-bond donors (Lipinski definition) is 1. The number of benzene rings is 2. The molecule has 0 unspecified atom stereocenters. The number of ether oxygens (including phenoxy) is 2. The van der Waals surface area contributed by atoms with Gasteiger partial charge in [-0.2, -0.15) is 0 Å². The summed E-state index contributed by atoms with van der Waals surface area (Å²) < 4.78 is 8.77. The molecule has 5 nitrogen and oxygen atoms in total. The fourth-order valence-electron chi connectivity index (χ4n) is 1.59. The highest BCUT2D eigenvalue weighted by atomic mass is 16.8. The van der Waals surface area contributed by atoms with E-state index in [4.69, 9.17) is 9.84 Å². The highest BCUT2D eigenvalue weighted by Gasteiger charge is 2.14. The zero-order valence-electron chi connectivity index (χ0n) is 9.78. The third-order valence-electron chi connectivity index (χ3n) is 2.34. The van der Waals surface area contributed by atoms with Gasteiger partial charge in [0.2, 0.25) is 0 Å². The number of carboxylic acid groups (broad SMARTS) is 1. The number of para-hydroxylation sites is 1. The third kappa shape index (κ3) is 3.32. The first-order valence-corrected chi connectivity index (χ1v) is 5.44. The van der Waals surface area contributed by atoms with Crippen molar-refractivity contribution in [1.82, 2.24) is 0 Å². The maximum Gasteiger partial charge on any atom is 0.524 e. The Morgan fingerprint density at radius 2 is 1.53 bits per heavy atom. The lowest BCUT2D eigenvalue weighted by Crippen LogP contribution is -2.14. The van der Waals surface area contributed by atoms with Crippen molar-refractivity contribution in [3.8, 4) is 16.9 Å². The second-order valence-corrected chi connectivity index (χ2v) is 3.58. The molecule has 0 amide bonds. The molecule has 2 aromatic rings. The van der Waals surface area contributed by atoms with Gasteiger partial charge in [0.1, 0.15) is 5.75 Å². The monoisotopic (exact) mass is 258 g/mol. The Labute approximate surface area is 109 Å². The highest BCUT2D eigenvalue weighted by Crippen LogP contribution is 2.29. The van der Waals surface area contributed by atoms with Crippen LogP contribution < -0.4 is 4.74 Å². The summed E-state index contributed by atoms with van der Waals surface area (Å²) in [6, 6.07) is 16.1. The molecule has 5 heteroatoms. The molecule has 0 radical (unpaired) electrons. The Morgan fingerprint density at radius 1 is 0.895 bits per heavy atom. The zero-order chi connectivity index (χ0) is 13.7. The second-order valence-electron chi connectivity index (χ2n) is 3.58. The van der Waals surface area contributed by atoms with Crippen molar-refractivity contribution in [2.24, 2.45) is 0 Å². The molecule has 0 fully saturated rings. The molecular weight excluding hydrogens is 248 g/mol. The van der Waals surface area contributed by atoms with E-state index in [1.54, 1.807) is 24.3 Å². The van der Waals surface area contributed by atoms with Crippen LogP contribution in [0.5, 0.6) is 5.75 Å². The fourth-order valence-corrected chi connectivity index (χ4v) is 1.59. The molecular formula is C14H10O5. The molecule has 0 atom stereocenters. The molecule has 0 saturated heterocycles. The Morgan fingerprint density at radius 3 is 2.21 bits per heavy atom. The van der Waals surface area contributed by atoms with E-state index < -0.39 is 12.3 Å². The van der Waals surface area contributed by atoms with Gasteiger partial charge in [-0.25, -0.2) is 9.59 Å². The van der Waals surface area contributed by atoms with Gasteiger partial charge >= 0.3 is 12.3 Å². The SMILES string of the molecule is O=C(O)OC(=O)Oc1ccccc1-c1ccccc1. The van der Waals surface area contributed by atoms with Crippen molar-refractivity contribution in [2.45, 2.75) is 0 Å². The lowest BCUT2D eigenvalue weighted by Gasteiger charge is -2.08. The van der Waals surface area contributed by atoms with Gasteiger partial charge in [-0.15, -0.1) is 0 Å². The van der Waals surface area contributed by atoms with Gasteiger partial charge in [0.05, 0.1) is 0 Å². The standard InChI is InChI=1S/C14H10O5/c15-13(16)19-14(17)18-12-9-5-4-8-11(12)10-6-2-1-3-7-10/h1-9H,(H,15,16). The Kier molecular flexibility index (Phi) is 3.78. The van der Waals surface area contributed by atoms with Gasteiger partial charge in [0, 0.05) is 5.56 Å². The van der Waals surface area contributed by atoms with Gasteiger partial charge in [0.15, 0.2) is 0 Å². The van der Waals surface area contributed by atoms with Crippen LogP contribution >= 0.6 is 0 Å². The molecule has 2 rings (SSSR count). The molecule has 1 N–H and O–H groups in total. The van der Waals surface area contributed by atoms with Crippen molar-refractivity contribution in [1.29, 1.82) is 0 Å². The highest BCUT2D eigenvalue weighted by molar-refractivity contribution is 5.80. The minimum Gasteiger partial charge on any atom is -0.449 e. The number of carbonyl (C=O) groups excluding carboxylic acids is 1. The van der Waals surface area contributed by atoms with Gasteiger partial charge in [0.25, 0.3) is 0 Å². The molecule has 0 aliphatic carbocycles. The van der Waals surface area contributed by atoms with Crippen LogP contribution in [0.2, 0.25) is 0 Å². The van der Waals surface area contributed by atoms with Crippen LogP contribution in [0.3, 0.4) is 0 Å². The van der Waals surface area contributed by atoms with E-state index in [1.165, 1.54) is 0 Å². The summed E-state index contributed by atoms with van der Waals surface area (Å²) in [4.78, 5) is 21.4. The minimum atomic E-state index is -1.71. The maximum atomic E-state index is 11.2. The van der Waals surface area contributed by atoms with E-state index in [-0.39, 0.29) is 5.75 Å². The summed E-state index contributed by atoms with van der Waals surface area (Å²) in [7, 11) is 0. The van der Waals surface area contributed by atoms with Gasteiger partial charge < -0.3 is 14.6 Å². The average molecular weight is 258 g/mol. The van der Waals surface area contributed by atoms with E-state index in [0.717, 1.165) is 5.56 Å². The Bertz CT molecular complexity index is 592. The summed E-state index contributed by atoms with van der Waals surface area (Å²) in [5.41, 5.74) is 1.52. The summed E-state index contributed by atoms with van der Waals surface area (Å²) in [5.74, 6) is 0.236. The lowest BCUT2D eigenvalue weighted by atomic mass is 10.1. The van der Waals surface area contributed by atoms with Gasteiger partial charge in [-0.3, -0.25) is 0 Å². The maximum absolute atomic E-state index is 11.2.